The van der Waals surface area contributed by atoms with Crippen LogP contribution in [-0.4, -0.2) is 54.3 Å². The van der Waals surface area contributed by atoms with E-state index in [0.717, 1.165) is 19.3 Å². The molecule has 0 saturated carbocycles. The molecular formula is C14H26N2O3S. The molecule has 6 heteroatoms. The summed E-state index contributed by atoms with van der Waals surface area (Å²) in [5.41, 5.74) is 5.53. The van der Waals surface area contributed by atoms with Gasteiger partial charge < -0.3 is 20.1 Å². The molecular weight excluding hydrogens is 276 g/mol. The van der Waals surface area contributed by atoms with E-state index in [0.29, 0.717) is 37.7 Å². The van der Waals surface area contributed by atoms with Crippen molar-refractivity contribution < 1.29 is 14.3 Å². The van der Waals surface area contributed by atoms with Crippen molar-refractivity contribution in [2.24, 2.45) is 5.73 Å². The van der Waals surface area contributed by atoms with Gasteiger partial charge in [-0.25, -0.2) is 0 Å². The van der Waals surface area contributed by atoms with Crippen LogP contribution < -0.4 is 5.73 Å². The third-order valence-corrected chi connectivity index (χ3v) is 3.37. The first-order valence-electron chi connectivity index (χ1n) is 7.31. The van der Waals surface area contributed by atoms with Gasteiger partial charge in [-0.05, 0) is 33.1 Å². The lowest BCUT2D eigenvalue weighted by Crippen LogP contribution is -2.41. The van der Waals surface area contributed by atoms with E-state index in [4.69, 9.17) is 27.4 Å². The van der Waals surface area contributed by atoms with Crippen molar-refractivity contribution in [2.45, 2.75) is 51.7 Å². The second kappa shape index (κ2) is 9.26. The Morgan fingerprint density at radius 3 is 2.80 bits per heavy atom. The largest absolute Gasteiger partial charge is 0.393 e. The SMILES string of the molecule is CC(C)OCCCN(CCC(N)=S)C(=O)C1CCCO1. The summed E-state index contributed by atoms with van der Waals surface area (Å²) < 4.78 is 11.0. The van der Waals surface area contributed by atoms with Crippen molar-refractivity contribution in [2.75, 3.05) is 26.3 Å². The first kappa shape index (κ1) is 17.3. The van der Waals surface area contributed by atoms with Crippen molar-refractivity contribution >= 4 is 23.1 Å². The minimum absolute atomic E-state index is 0.0586. The molecule has 1 fully saturated rings. The number of rotatable bonds is 9. The van der Waals surface area contributed by atoms with Gasteiger partial charge in [-0.3, -0.25) is 4.79 Å². The van der Waals surface area contributed by atoms with E-state index in [2.05, 4.69) is 0 Å². The lowest BCUT2D eigenvalue weighted by molar-refractivity contribution is -0.141. The Labute approximate surface area is 126 Å². The van der Waals surface area contributed by atoms with Crippen LogP contribution in [0, 0.1) is 0 Å². The molecule has 0 spiro atoms. The summed E-state index contributed by atoms with van der Waals surface area (Å²) in [6.45, 7) is 6.56. The van der Waals surface area contributed by atoms with Crippen molar-refractivity contribution in [3.63, 3.8) is 0 Å². The molecule has 1 saturated heterocycles. The standard InChI is InChI=1S/C14H26N2O3S/c1-11(2)18-10-4-7-16(8-6-13(15)20)14(17)12-5-3-9-19-12/h11-12H,3-10H2,1-2H3,(H2,15,20). The van der Waals surface area contributed by atoms with Gasteiger partial charge in [0.1, 0.15) is 6.10 Å². The number of hydrogen-bond donors (Lipinski definition) is 1. The average molecular weight is 302 g/mol. The number of nitrogens with zero attached hydrogens (tertiary/aromatic N) is 1. The molecule has 20 heavy (non-hydrogen) atoms. The molecule has 1 atom stereocenters. The Balaban J connectivity index is 2.41. The molecule has 1 aliphatic rings. The fourth-order valence-electron chi connectivity index (χ4n) is 2.13. The molecule has 1 amide bonds. The smallest absolute Gasteiger partial charge is 0.251 e. The zero-order chi connectivity index (χ0) is 15.0. The molecule has 0 aliphatic carbocycles. The topological polar surface area (TPSA) is 64.8 Å². The van der Waals surface area contributed by atoms with E-state index in [9.17, 15) is 4.79 Å². The number of hydrogen-bond acceptors (Lipinski definition) is 4. The molecule has 116 valence electrons. The molecule has 0 aromatic rings. The Morgan fingerprint density at radius 1 is 1.50 bits per heavy atom. The van der Waals surface area contributed by atoms with Crippen molar-refractivity contribution in [1.82, 2.24) is 4.90 Å². The highest BCUT2D eigenvalue weighted by Crippen LogP contribution is 2.15. The van der Waals surface area contributed by atoms with Crippen LogP contribution in [-0.2, 0) is 14.3 Å². The first-order chi connectivity index (χ1) is 9.50. The van der Waals surface area contributed by atoms with Gasteiger partial charge in [-0.15, -0.1) is 0 Å². The first-order valence-corrected chi connectivity index (χ1v) is 7.72. The third kappa shape index (κ3) is 6.63. The van der Waals surface area contributed by atoms with Crippen LogP contribution in [0.3, 0.4) is 0 Å². The van der Waals surface area contributed by atoms with Crippen molar-refractivity contribution in [3.05, 3.63) is 0 Å². The fraction of sp³-hybridized carbons (Fsp3) is 0.857. The van der Waals surface area contributed by atoms with Crippen LogP contribution in [0.5, 0.6) is 0 Å². The van der Waals surface area contributed by atoms with E-state index >= 15 is 0 Å². The lowest BCUT2D eigenvalue weighted by atomic mass is 10.2. The Bertz CT molecular complexity index is 318. The predicted molar refractivity (Wildman–Crippen MR) is 82.7 cm³/mol. The van der Waals surface area contributed by atoms with E-state index in [1.165, 1.54) is 0 Å². The molecule has 1 unspecified atom stereocenters. The zero-order valence-electron chi connectivity index (χ0n) is 12.5. The second-order valence-corrected chi connectivity index (χ2v) is 5.84. The maximum absolute atomic E-state index is 12.4. The van der Waals surface area contributed by atoms with E-state index in [-0.39, 0.29) is 18.1 Å². The fourth-order valence-corrected chi connectivity index (χ4v) is 2.22. The number of thiocarbonyl (C=S) groups is 1. The molecule has 0 aromatic carbocycles. The second-order valence-electron chi connectivity index (χ2n) is 5.32. The molecule has 0 aromatic heterocycles. The maximum atomic E-state index is 12.4. The van der Waals surface area contributed by atoms with Crippen molar-refractivity contribution in [3.8, 4) is 0 Å². The van der Waals surface area contributed by atoms with Gasteiger partial charge in [-0.2, -0.15) is 0 Å². The van der Waals surface area contributed by atoms with Gasteiger partial charge in [0.05, 0.1) is 11.1 Å². The van der Waals surface area contributed by atoms with Gasteiger partial charge in [0.2, 0.25) is 0 Å². The number of carbonyl (C=O) groups is 1. The summed E-state index contributed by atoms with van der Waals surface area (Å²) in [6.07, 6.45) is 3.06. The predicted octanol–water partition coefficient (Wildman–Crippen LogP) is 1.49. The summed E-state index contributed by atoms with van der Waals surface area (Å²) in [5.74, 6) is 0.0586. The highest BCUT2D eigenvalue weighted by Gasteiger charge is 2.27. The van der Waals surface area contributed by atoms with Crippen LogP contribution >= 0.6 is 12.2 Å². The van der Waals surface area contributed by atoms with E-state index in [1.807, 2.05) is 13.8 Å². The monoisotopic (exact) mass is 302 g/mol. The zero-order valence-corrected chi connectivity index (χ0v) is 13.3. The van der Waals surface area contributed by atoms with Crippen LogP contribution in [0.2, 0.25) is 0 Å². The summed E-state index contributed by atoms with van der Waals surface area (Å²) in [6, 6.07) is 0. The van der Waals surface area contributed by atoms with Gasteiger partial charge in [0, 0.05) is 32.7 Å². The minimum atomic E-state index is -0.285. The molecule has 0 radical (unpaired) electrons. The summed E-state index contributed by atoms with van der Waals surface area (Å²) in [4.78, 5) is 14.6. The van der Waals surface area contributed by atoms with Gasteiger partial charge in [-0.1, -0.05) is 12.2 Å². The van der Waals surface area contributed by atoms with E-state index < -0.39 is 0 Å². The number of carbonyl (C=O) groups excluding carboxylic acids is 1. The van der Waals surface area contributed by atoms with Crippen molar-refractivity contribution in [1.29, 1.82) is 0 Å². The minimum Gasteiger partial charge on any atom is -0.393 e. The van der Waals surface area contributed by atoms with Crippen LogP contribution in [0.15, 0.2) is 0 Å². The normalized spacial score (nSPS) is 18.4. The highest BCUT2D eigenvalue weighted by molar-refractivity contribution is 7.80. The number of nitrogens with two attached hydrogens (primary N) is 1. The Kier molecular flexibility index (Phi) is 8.02. The van der Waals surface area contributed by atoms with E-state index in [1.54, 1.807) is 4.90 Å². The molecule has 5 nitrogen and oxygen atoms in total. The van der Waals surface area contributed by atoms with Crippen LogP contribution in [0.4, 0.5) is 0 Å². The van der Waals surface area contributed by atoms with Gasteiger partial charge in [0.15, 0.2) is 0 Å². The maximum Gasteiger partial charge on any atom is 0.251 e. The van der Waals surface area contributed by atoms with Crippen LogP contribution in [0.25, 0.3) is 0 Å². The number of ether oxygens (including phenoxy) is 2. The molecule has 1 aliphatic heterocycles. The molecule has 1 rings (SSSR count). The molecule has 2 N–H and O–H groups in total. The summed E-state index contributed by atoms with van der Waals surface area (Å²) in [7, 11) is 0. The summed E-state index contributed by atoms with van der Waals surface area (Å²) >= 11 is 4.89. The Morgan fingerprint density at radius 2 is 2.25 bits per heavy atom. The number of amides is 1. The summed E-state index contributed by atoms with van der Waals surface area (Å²) in [5, 5.41) is 0. The quantitative estimate of drug-likeness (QED) is 0.516. The highest BCUT2D eigenvalue weighted by atomic mass is 32.1. The third-order valence-electron chi connectivity index (χ3n) is 3.17. The average Bonchev–Trinajstić information content (AvgIpc) is 2.90. The molecule has 1 heterocycles. The lowest BCUT2D eigenvalue weighted by Gasteiger charge is -2.25. The van der Waals surface area contributed by atoms with Crippen LogP contribution in [0.1, 0.15) is 39.5 Å². The Hall–Kier alpha value is -0.720. The van der Waals surface area contributed by atoms with Gasteiger partial charge >= 0.3 is 0 Å². The molecule has 0 bridgehead atoms. The van der Waals surface area contributed by atoms with Gasteiger partial charge in [0.25, 0.3) is 5.91 Å².